The molecule has 4 bridgehead atoms. The molecule has 26 heavy (non-hydrogen) atoms. The van der Waals surface area contributed by atoms with Crippen molar-refractivity contribution in [1.29, 1.82) is 0 Å². The van der Waals surface area contributed by atoms with Crippen LogP contribution in [0.5, 0.6) is 0 Å². The Morgan fingerprint density at radius 1 is 1.08 bits per heavy atom. The van der Waals surface area contributed by atoms with Gasteiger partial charge < -0.3 is 10.3 Å². The van der Waals surface area contributed by atoms with Gasteiger partial charge in [0.1, 0.15) is 0 Å². The van der Waals surface area contributed by atoms with Crippen LogP contribution in [0, 0.1) is 30.1 Å². The molecule has 0 spiro atoms. The molecule has 0 amide bonds. The van der Waals surface area contributed by atoms with E-state index in [-0.39, 0.29) is 0 Å². The fraction of sp³-hybridized carbons (Fsp3) is 0.667. The van der Waals surface area contributed by atoms with Gasteiger partial charge in [-0.15, -0.1) is 0 Å². The van der Waals surface area contributed by atoms with Crippen LogP contribution in [0.15, 0.2) is 18.2 Å². The van der Waals surface area contributed by atoms with Crippen LogP contribution >= 0.6 is 0 Å². The van der Waals surface area contributed by atoms with Gasteiger partial charge in [-0.1, -0.05) is 11.6 Å². The van der Waals surface area contributed by atoms with Crippen molar-refractivity contribution in [2.75, 3.05) is 6.54 Å². The van der Waals surface area contributed by atoms with Crippen molar-refractivity contribution >= 4 is 10.9 Å². The summed E-state index contributed by atoms with van der Waals surface area (Å²) in [5, 5.41) is 5.55. The van der Waals surface area contributed by atoms with Crippen LogP contribution in [0.25, 0.3) is 10.9 Å². The number of hydrogen-bond donors (Lipinski definition) is 2. The predicted octanol–water partition coefficient (Wildman–Crippen LogP) is 5.66. The van der Waals surface area contributed by atoms with Gasteiger partial charge in [0, 0.05) is 29.2 Å². The highest BCUT2D eigenvalue weighted by atomic mass is 15.0. The molecule has 0 radical (unpaired) electrons. The Morgan fingerprint density at radius 3 is 2.54 bits per heavy atom. The number of nitrogens with one attached hydrogen (secondary N) is 2. The van der Waals surface area contributed by atoms with Gasteiger partial charge in [-0.05, 0) is 106 Å². The highest BCUT2D eigenvalue weighted by molar-refractivity contribution is 5.85. The molecule has 1 aromatic heterocycles. The quantitative estimate of drug-likeness (QED) is 0.736. The molecule has 0 aliphatic heterocycles. The number of hydrogen-bond acceptors (Lipinski definition) is 1. The molecular weight excluding hydrogens is 316 g/mol. The fourth-order valence-corrected chi connectivity index (χ4v) is 7.63. The molecule has 5 aliphatic carbocycles. The first-order valence-corrected chi connectivity index (χ1v) is 11.0. The van der Waals surface area contributed by atoms with E-state index in [0.717, 1.165) is 17.8 Å². The number of aromatic amines is 1. The SMILES string of the molecule is Cc1ccc2[nH]c3c(c2c1)CCC[C@@H]3NCC12CC3CC(CC(C3)C1)C2. The van der Waals surface area contributed by atoms with Crippen LogP contribution in [0.2, 0.25) is 0 Å². The minimum atomic E-state index is 0.541. The molecule has 138 valence electrons. The molecule has 5 aliphatic rings. The summed E-state index contributed by atoms with van der Waals surface area (Å²) >= 11 is 0. The van der Waals surface area contributed by atoms with Crippen LogP contribution in [0.1, 0.15) is 74.2 Å². The second kappa shape index (κ2) is 5.61. The van der Waals surface area contributed by atoms with E-state index in [1.807, 2.05) is 0 Å². The molecule has 4 saturated carbocycles. The number of rotatable bonds is 3. The van der Waals surface area contributed by atoms with Crippen LogP contribution in [0.3, 0.4) is 0 Å². The summed E-state index contributed by atoms with van der Waals surface area (Å²) in [5.74, 6) is 3.17. The number of H-pyrrole nitrogens is 1. The van der Waals surface area contributed by atoms with E-state index in [9.17, 15) is 0 Å². The fourth-order valence-electron chi connectivity index (χ4n) is 7.63. The topological polar surface area (TPSA) is 27.8 Å². The summed E-state index contributed by atoms with van der Waals surface area (Å²) in [4.78, 5) is 3.79. The minimum Gasteiger partial charge on any atom is -0.357 e. The Kier molecular flexibility index (Phi) is 3.40. The van der Waals surface area contributed by atoms with Gasteiger partial charge in [0.15, 0.2) is 0 Å². The average Bonchev–Trinajstić information content (AvgIpc) is 2.97. The molecule has 2 heteroatoms. The van der Waals surface area contributed by atoms with E-state index < -0.39 is 0 Å². The van der Waals surface area contributed by atoms with Gasteiger partial charge in [0.2, 0.25) is 0 Å². The van der Waals surface area contributed by atoms with Gasteiger partial charge in [0.05, 0.1) is 0 Å². The largest absolute Gasteiger partial charge is 0.357 e. The lowest BCUT2D eigenvalue weighted by Crippen LogP contribution is -2.51. The number of aryl methyl sites for hydroxylation is 2. The zero-order chi connectivity index (χ0) is 17.3. The number of benzene rings is 1. The molecule has 1 aromatic carbocycles. The Morgan fingerprint density at radius 2 is 1.81 bits per heavy atom. The monoisotopic (exact) mass is 348 g/mol. The lowest BCUT2D eigenvalue weighted by atomic mass is 9.49. The maximum absolute atomic E-state index is 4.08. The highest BCUT2D eigenvalue weighted by Gasteiger charge is 2.50. The van der Waals surface area contributed by atoms with Crippen molar-refractivity contribution in [3.63, 3.8) is 0 Å². The predicted molar refractivity (Wildman–Crippen MR) is 107 cm³/mol. The van der Waals surface area contributed by atoms with E-state index >= 15 is 0 Å². The Hall–Kier alpha value is -1.28. The summed E-state index contributed by atoms with van der Waals surface area (Å²) in [6.45, 7) is 3.47. The molecular formula is C24H32N2. The van der Waals surface area contributed by atoms with Gasteiger partial charge in [0.25, 0.3) is 0 Å². The van der Waals surface area contributed by atoms with Gasteiger partial charge >= 0.3 is 0 Å². The maximum Gasteiger partial charge on any atom is 0.0476 e. The van der Waals surface area contributed by atoms with Crippen LogP contribution in [0.4, 0.5) is 0 Å². The first kappa shape index (κ1) is 15.7. The third-order valence-corrected chi connectivity index (χ3v) is 8.25. The highest BCUT2D eigenvalue weighted by Crippen LogP contribution is 2.59. The van der Waals surface area contributed by atoms with Gasteiger partial charge in [-0.25, -0.2) is 0 Å². The van der Waals surface area contributed by atoms with E-state index in [4.69, 9.17) is 0 Å². The maximum atomic E-state index is 4.08. The Bertz CT molecular complexity index is 810. The first-order chi connectivity index (χ1) is 12.7. The third kappa shape index (κ3) is 2.41. The van der Waals surface area contributed by atoms with E-state index in [0.29, 0.717) is 11.5 Å². The summed E-state index contributed by atoms with van der Waals surface area (Å²) in [7, 11) is 0. The molecule has 4 fully saturated rings. The van der Waals surface area contributed by atoms with Crippen molar-refractivity contribution in [2.24, 2.45) is 23.2 Å². The van der Waals surface area contributed by atoms with Crippen molar-refractivity contribution in [2.45, 2.75) is 70.8 Å². The second-order valence-corrected chi connectivity index (χ2v) is 10.3. The van der Waals surface area contributed by atoms with Gasteiger partial charge in [-0.3, -0.25) is 0 Å². The minimum absolute atomic E-state index is 0.541. The van der Waals surface area contributed by atoms with Crippen LogP contribution in [-0.2, 0) is 6.42 Å². The third-order valence-electron chi connectivity index (χ3n) is 8.25. The van der Waals surface area contributed by atoms with Crippen LogP contribution in [-0.4, -0.2) is 11.5 Å². The summed E-state index contributed by atoms with van der Waals surface area (Å²) < 4.78 is 0. The Balaban J connectivity index is 1.26. The second-order valence-electron chi connectivity index (χ2n) is 10.3. The lowest BCUT2D eigenvalue weighted by Gasteiger charge is -2.57. The standard InChI is InChI=1S/C24H32N2/c1-15-5-6-21-20(7-15)19-3-2-4-22(23(19)26-21)25-14-24-11-16-8-17(12-24)10-18(9-16)13-24/h5-7,16-18,22,25-26H,2-4,8-14H2,1H3/t16?,17?,18?,22-,24?/m0/s1. The average molecular weight is 349 g/mol. The normalized spacial score (nSPS) is 38.0. The van der Waals surface area contributed by atoms with Crippen molar-refractivity contribution in [3.05, 3.63) is 35.0 Å². The molecule has 1 atom stereocenters. The molecule has 2 nitrogen and oxygen atoms in total. The molecule has 2 aromatic rings. The van der Waals surface area contributed by atoms with Crippen LogP contribution < -0.4 is 5.32 Å². The molecule has 2 N–H and O–H groups in total. The van der Waals surface area contributed by atoms with E-state index in [1.54, 1.807) is 24.8 Å². The zero-order valence-corrected chi connectivity index (χ0v) is 16.1. The summed E-state index contributed by atoms with van der Waals surface area (Å²) in [6, 6.07) is 7.44. The molecule has 0 unspecified atom stereocenters. The smallest absolute Gasteiger partial charge is 0.0476 e. The first-order valence-electron chi connectivity index (χ1n) is 11.0. The molecule has 7 rings (SSSR count). The van der Waals surface area contributed by atoms with Gasteiger partial charge in [-0.2, -0.15) is 0 Å². The van der Waals surface area contributed by atoms with Crippen molar-refractivity contribution in [1.82, 2.24) is 10.3 Å². The van der Waals surface area contributed by atoms with E-state index in [2.05, 4.69) is 35.4 Å². The number of aromatic nitrogens is 1. The zero-order valence-electron chi connectivity index (χ0n) is 16.1. The Labute approximate surface area is 157 Å². The summed E-state index contributed by atoms with van der Waals surface area (Å²) in [6.07, 6.45) is 13.1. The molecule has 0 saturated heterocycles. The lowest BCUT2D eigenvalue weighted by molar-refractivity contribution is -0.0527. The van der Waals surface area contributed by atoms with E-state index in [1.165, 1.54) is 67.2 Å². The summed E-state index contributed by atoms with van der Waals surface area (Å²) in [5.41, 5.74) is 6.45. The van der Waals surface area contributed by atoms with Crippen molar-refractivity contribution in [3.8, 4) is 0 Å². The number of fused-ring (bicyclic) bond motifs is 3. The van der Waals surface area contributed by atoms with Crippen molar-refractivity contribution < 1.29 is 0 Å². The molecule has 1 heterocycles.